The molecule has 1 aliphatic carbocycles. The van der Waals surface area contributed by atoms with Gasteiger partial charge in [0.15, 0.2) is 11.3 Å². The fraction of sp³-hybridized carbons (Fsp3) is 0.250. The van der Waals surface area contributed by atoms with E-state index in [0.29, 0.717) is 16.7 Å². The molecule has 4 aromatic rings. The van der Waals surface area contributed by atoms with Gasteiger partial charge < -0.3 is 4.57 Å². The molecule has 0 unspecified atom stereocenters. The monoisotopic (exact) mass is 348 g/mol. The lowest BCUT2D eigenvalue weighted by molar-refractivity contribution is 0.534. The smallest absolute Gasteiger partial charge is 0.198 e. The summed E-state index contributed by atoms with van der Waals surface area (Å²) in [6, 6.07) is 16.3. The molecule has 0 aliphatic heterocycles. The molecule has 2 heterocycles. The van der Waals surface area contributed by atoms with E-state index in [0.717, 1.165) is 40.9 Å². The minimum atomic E-state index is 0.425. The maximum absolute atomic E-state index is 6.22. The van der Waals surface area contributed by atoms with Gasteiger partial charge in [-0.2, -0.15) is 0 Å². The Morgan fingerprint density at radius 3 is 2.40 bits per heavy atom. The molecule has 2 aromatic carbocycles. The third-order valence-corrected chi connectivity index (χ3v) is 5.21. The summed E-state index contributed by atoms with van der Waals surface area (Å²) < 4.78 is 2.29. The summed E-state index contributed by atoms with van der Waals surface area (Å²) in [4.78, 5) is 14.5. The van der Waals surface area contributed by atoms with Crippen LogP contribution in [-0.2, 0) is 0 Å². The van der Waals surface area contributed by atoms with E-state index < -0.39 is 0 Å². The number of halogens is 1. The van der Waals surface area contributed by atoms with Crippen LogP contribution >= 0.6 is 11.6 Å². The number of fused-ring (bicyclic) bond motifs is 2. The van der Waals surface area contributed by atoms with E-state index in [1.165, 1.54) is 12.8 Å². The van der Waals surface area contributed by atoms with Crippen molar-refractivity contribution in [1.29, 1.82) is 0 Å². The number of nitrogens with zero attached hydrogens (tertiary/aromatic N) is 4. The zero-order valence-electron chi connectivity index (χ0n) is 13.7. The van der Waals surface area contributed by atoms with E-state index in [2.05, 4.69) is 10.6 Å². The second kappa shape index (κ2) is 5.81. The highest BCUT2D eigenvalue weighted by Gasteiger charge is 2.25. The molecule has 4 nitrogen and oxygen atoms in total. The topological polar surface area (TPSA) is 43.6 Å². The van der Waals surface area contributed by atoms with Crippen LogP contribution in [-0.4, -0.2) is 19.5 Å². The number of imidazole rings is 1. The Bertz CT molecular complexity index is 1080. The van der Waals surface area contributed by atoms with E-state index >= 15 is 0 Å². The molecule has 0 amide bonds. The normalized spacial score (nSPS) is 15.4. The van der Waals surface area contributed by atoms with E-state index in [4.69, 9.17) is 26.6 Å². The highest BCUT2D eigenvalue weighted by atomic mass is 35.5. The predicted molar refractivity (Wildman–Crippen MR) is 101 cm³/mol. The van der Waals surface area contributed by atoms with Crippen LogP contribution in [0, 0.1) is 0 Å². The molecule has 5 heteroatoms. The maximum atomic E-state index is 6.22. The summed E-state index contributed by atoms with van der Waals surface area (Å²) in [5.41, 5.74) is 4.39. The SMILES string of the molecule is Clc1cccc(-c2nc3nc4ccccc4nc3n2C2CCCC2)c1. The minimum absolute atomic E-state index is 0.425. The molecule has 2 aromatic heterocycles. The Hall–Kier alpha value is -2.46. The summed E-state index contributed by atoms with van der Waals surface area (Å²) in [6.45, 7) is 0. The molecule has 0 radical (unpaired) electrons. The van der Waals surface area contributed by atoms with E-state index in [-0.39, 0.29) is 0 Å². The fourth-order valence-corrected chi connectivity index (χ4v) is 4.00. The quantitative estimate of drug-likeness (QED) is 0.486. The Labute approximate surface area is 150 Å². The third-order valence-electron chi connectivity index (χ3n) is 4.98. The molecule has 0 spiro atoms. The average Bonchev–Trinajstić information content (AvgIpc) is 3.26. The van der Waals surface area contributed by atoms with Crippen molar-refractivity contribution in [2.24, 2.45) is 0 Å². The second-order valence-corrected chi connectivity index (χ2v) is 7.05. The summed E-state index contributed by atoms with van der Waals surface area (Å²) in [7, 11) is 0. The Morgan fingerprint density at radius 1 is 0.880 bits per heavy atom. The number of aromatic nitrogens is 4. The molecule has 1 saturated carbocycles. The van der Waals surface area contributed by atoms with Gasteiger partial charge in [0.2, 0.25) is 0 Å². The molecule has 0 bridgehead atoms. The van der Waals surface area contributed by atoms with Gasteiger partial charge in [0.25, 0.3) is 0 Å². The van der Waals surface area contributed by atoms with E-state index in [1.54, 1.807) is 0 Å². The first-order valence-electron chi connectivity index (χ1n) is 8.70. The van der Waals surface area contributed by atoms with Gasteiger partial charge in [-0.1, -0.05) is 48.7 Å². The number of hydrogen-bond acceptors (Lipinski definition) is 3. The van der Waals surface area contributed by atoms with Crippen LogP contribution in [0.15, 0.2) is 48.5 Å². The van der Waals surface area contributed by atoms with Crippen molar-refractivity contribution in [3.05, 3.63) is 53.6 Å². The summed E-state index contributed by atoms with van der Waals surface area (Å²) in [5, 5.41) is 0.716. The Morgan fingerprint density at radius 2 is 1.64 bits per heavy atom. The summed E-state index contributed by atoms with van der Waals surface area (Å²) in [5.74, 6) is 0.916. The van der Waals surface area contributed by atoms with Gasteiger partial charge in [0, 0.05) is 16.6 Å². The van der Waals surface area contributed by atoms with Crippen LogP contribution in [0.3, 0.4) is 0 Å². The van der Waals surface area contributed by atoms with Crippen LogP contribution in [0.25, 0.3) is 33.7 Å². The number of benzene rings is 2. The second-order valence-electron chi connectivity index (χ2n) is 6.61. The maximum Gasteiger partial charge on any atom is 0.198 e. The van der Waals surface area contributed by atoms with Crippen LogP contribution in [0.5, 0.6) is 0 Å². The number of para-hydroxylation sites is 2. The standard InChI is InChI=1S/C20H17ClN4/c21-14-7-5-6-13(12-14)19-24-18-20(25(19)15-8-1-2-9-15)23-17-11-4-3-10-16(17)22-18/h3-7,10-12,15H,1-2,8-9H2. The fourth-order valence-electron chi connectivity index (χ4n) is 3.81. The third kappa shape index (κ3) is 2.48. The molecule has 0 N–H and O–H groups in total. The highest BCUT2D eigenvalue weighted by molar-refractivity contribution is 6.30. The van der Waals surface area contributed by atoms with Gasteiger partial charge in [-0.05, 0) is 37.1 Å². The predicted octanol–water partition coefficient (Wildman–Crippen LogP) is 5.42. The molecule has 0 atom stereocenters. The van der Waals surface area contributed by atoms with Crippen molar-refractivity contribution < 1.29 is 0 Å². The first-order valence-corrected chi connectivity index (χ1v) is 9.08. The van der Waals surface area contributed by atoms with Crippen molar-refractivity contribution in [3.8, 4) is 11.4 Å². The van der Waals surface area contributed by atoms with Gasteiger partial charge in [-0.25, -0.2) is 15.0 Å². The molecule has 0 saturated heterocycles. The van der Waals surface area contributed by atoms with Gasteiger partial charge >= 0.3 is 0 Å². The van der Waals surface area contributed by atoms with E-state index in [9.17, 15) is 0 Å². The van der Waals surface area contributed by atoms with Crippen molar-refractivity contribution in [2.75, 3.05) is 0 Å². The van der Waals surface area contributed by atoms with E-state index in [1.807, 2.05) is 42.5 Å². The minimum Gasteiger partial charge on any atom is -0.304 e. The zero-order chi connectivity index (χ0) is 16.8. The lowest BCUT2D eigenvalue weighted by Crippen LogP contribution is -2.07. The molecular weight excluding hydrogens is 332 g/mol. The molecule has 5 rings (SSSR count). The van der Waals surface area contributed by atoms with Crippen LogP contribution in [0.1, 0.15) is 31.7 Å². The van der Waals surface area contributed by atoms with Gasteiger partial charge in [0.05, 0.1) is 11.0 Å². The number of hydrogen-bond donors (Lipinski definition) is 0. The van der Waals surface area contributed by atoms with Crippen LogP contribution in [0.4, 0.5) is 0 Å². The van der Waals surface area contributed by atoms with Crippen LogP contribution < -0.4 is 0 Å². The van der Waals surface area contributed by atoms with Gasteiger partial charge in [-0.15, -0.1) is 0 Å². The Kier molecular flexibility index (Phi) is 3.45. The molecular formula is C20H17ClN4. The van der Waals surface area contributed by atoms with Crippen LogP contribution in [0.2, 0.25) is 5.02 Å². The van der Waals surface area contributed by atoms with Gasteiger partial charge in [0.1, 0.15) is 5.82 Å². The molecule has 1 aliphatic rings. The lowest BCUT2D eigenvalue weighted by atomic mass is 10.2. The van der Waals surface area contributed by atoms with Crippen molar-refractivity contribution >= 4 is 33.9 Å². The van der Waals surface area contributed by atoms with Gasteiger partial charge in [-0.3, -0.25) is 0 Å². The lowest BCUT2D eigenvalue weighted by Gasteiger charge is -2.15. The van der Waals surface area contributed by atoms with Crippen molar-refractivity contribution in [1.82, 2.24) is 19.5 Å². The van der Waals surface area contributed by atoms with Crippen molar-refractivity contribution in [2.45, 2.75) is 31.7 Å². The highest BCUT2D eigenvalue weighted by Crippen LogP contribution is 2.36. The first-order chi connectivity index (χ1) is 12.3. The molecule has 124 valence electrons. The molecule has 25 heavy (non-hydrogen) atoms. The average molecular weight is 349 g/mol. The van der Waals surface area contributed by atoms with Crippen molar-refractivity contribution in [3.63, 3.8) is 0 Å². The Balaban J connectivity index is 1.83. The summed E-state index contributed by atoms with van der Waals surface area (Å²) >= 11 is 6.22. The largest absolute Gasteiger partial charge is 0.304 e. The summed E-state index contributed by atoms with van der Waals surface area (Å²) in [6.07, 6.45) is 4.82. The first kappa shape index (κ1) is 14.8. The number of rotatable bonds is 2. The molecule has 1 fully saturated rings. The zero-order valence-corrected chi connectivity index (χ0v) is 14.4.